The molecule has 15 heavy (non-hydrogen) atoms. The van der Waals surface area contributed by atoms with Crippen LogP contribution in [0.3, 0.4) is 0 Å². The maximum absolute atomic E-state index is 3.74. The Morgan fingerprint density at radius 3 is 2.40 bits per heavy atom. The molecule has 3 unspecified atom stereocenters. The highest BCUT2D eigenvalue weighted by Crippen LogP contribution is 2.22. The van der Waals surface area contributed by atoms with Crippen LogP contribution in [0.25, 0.3) is 0 Å². The van der Waals surface area contributed by atoms with E-state index in [1.807, 2.05) is 0 Å². The fraction of sp³-hybridized carbons (Fsp3) is 1.00. The van der Waals surface area contributed by atoms with Gasteiger partial charge in [-0.05, 0) is 31.7 Å². The minimum Gasteiger partial charge on any atom is -0.313 e. The second-order valence-corrected chi connectivity index (χ2v) is 6.55. The van der Waals surface area contributed by atoms with Crippen LogP contribution >= 0.6 is 0 Å². The van der Waals surface area contributed by atoms with Gasteiger partial charge in [-0.25, -0.2) is 0 Å². The maximum Gasteiger partial charge on any atom is 0.0120 e. The molecule has 1 saturated heterocycles. The minimum atomic E-state index is 0.395. The summed E-state index contributed by atoms with van der Waals surface area (Å²) in [4.78, 5) is 2.47. The smallest absolute Gasteiger partial charge is 0.0120 e. The number of piperidine rings is 1. The van der Waals surface area contributed by atoms with Crippen LogP contribution in [-0.2, 0) is 0 Å². The van der Waals surface area contributed by atoms with Crippen LogP contribution in [0.1, 0.15) is 41.0 Å². The maximum atomic E-state index is 3.74. The van der Waals surface area contributed by atoms with Gasteiger partial charge in [0.25, 0.3) is 0 Å². The summed E-state index contributed by atoms with van der Waals surface area (Å²) in [5.41, 5.74) is 0.395. The van der Waals surface area contributed by atoms with Gasteiger partial charge in [-0.2, -0.15) is 0 Å². The van der Waals surface area contributed by atoms with Crippen LogP contribution in [0.5, 0.6) is 0 Å². The van der Waals surface area contributed by atoms with Gasteiger partial charge in [-0.15, -0.1) is 0 Å². The van der Waals surface area contributed by atoms with Gasteiger partial charge in [0.15, 0.2) is 0 Å². The molecule has 1 aliphatic heterocycles. The summed E-state index contributed by atoms with van der Waals surface area (Å²) in [6.07, 6.45) is 1.29. The average Bonchev–Trinajstić information content (AvgIpc) is 2.07. The first-order chi connectivity index (χ1) is 6.79. The second-order valence-electron chi connectivity index (χ2n) is 6.55. The monoisotopic (exact) mass is 212 g/mol. The molecule has 3 atom stereocenters. The molecular weight excluding hydrogens is 184 g/mol. The molecule has 0 amide bonds. The number of rotatable bonds is 2. The van der Waals surface area contributed by atoms with Crippen molar-refractivity contribution in [2.75, 3.05) is 20.1 Å². The Morgan fingerprint density at radius 2 is 1.87 bits per heavy atom. The molecule has 1 heterocycles. The first-order valence-electron chi connectivity index (χ1n) is 6.23. The molecule has 90 valence electrons. The predicted molar refractivity (Wildman–Crippen MR) is 67.1 cm³/mol. The molecule has 1 fully saturated rings. The lowest BCUT2D eigenvalue weighted by atomic mass is 9.88. The summed E-state index contributed by atoms with van der Waals surface area (Å²) >= 11 is 0. The van der Waals surface area contributed by atoms with Crippen molar-refractivity contribution in [3.8, 4) is 0 Å². The van der Waals surface area contributed by atoms with E-state index in [2.05, 4.69) is 51.9 Å². The molecule has 0 aromatic rings. The Labute approximate surface area is 95.4 Å². The van der Waals surface area contributed by atoms with Crippen molar-refractivity contribution in [1.82, 2.24) is 10.2 Å². The Balaban J connectivity index is 2.41. The lowest BCUT2D eigenvalue weighted by Crippen LogP contribution is -2.52. The van der Waals surface area contributed by atoms with Gasteiger partial charge in [0.05, 0.1) is 0 Å². The quantitative estimate of drug-likeness (QED) is 0.756. The van der Waals surface area contributed by atoms with E-state index in [0.717, 1.165) is 18.5 Å². The third-order valence-electron chi connectivity index (χ3n) is 3.50. The third-order valence-corrected chi connectivity index (χ3v) is 3.50. The van der Waals surface area contributed by atoms with E-state index < -0.39 is 0 Å². The standard InChI is InChI=1S/C13H28N2/c1-10-8-15(6)11(2)7-12(10)14-9-13(3,4)5/h10-12,14H,7-9H2,1-6H3. The molecule has 1 rings (SSSR count). The lowest BCUT2D eigenvalue weighted by molar-refractivity contribution is 0.116. The van der Waals surface area contributed by atoms with Gasteiger partial charge >= 0.3 is 0 Å². The Hall–Kier alpha value is -0.0800. The first-order valence-corrected chi connectivity index (χ1v) is 6.23. The van der Waals surface area contributed by atoms with Crippen LogP contribution in [0.15, 0.2) is 0 Å². The number of nitrogens with zero attached hydrogens (tertiary/aromatic N) is 1. The fourth-order valence-electron chi connectivity index (χ4n) is 2.26. The van der Waals surface area contributed by atoms with E-state index in [-0.39, 0.29) is 0 Å². The van der Waals surface area contributed by atoms with E-state index >= 15 is 0 Å². The zero-order chi connectivity index (χ0) is 11.6. The van der Waals surface area contributed by atoms with Crippen LogP contribution in [0, 0.1) is 11.3 Å². The number of likely N-dealkylation sites (tertiary alicyclic amines) is 1. The van der Waals surface area contributed by atoms with Crippen molar-refractivity contribution < 1.29 is 0 Å². The molecule has 0 spiro atoms. The molecular formula is C13H28N2. The predicted octanol–water partition coefficient (Wildman–Crippen LogP) is 2.35. The first kappa shape index (κ1) is 13.0. The van der Waals surface area contributed by atoms with Gasteiger partial charge in [-0.3, -0.25) is 0 Å². The molecule has 1 N–H and O–H groups in total. The zero-order valence-electron chi connectivity index (χ0n) is 11.3. The third kappa shape index (κ3) is 4.12. The molecule has 2 heteroatoms. The van der Waals surface area contributed by atoms with Gasteiger partial charge in [0.1, 0.15) is 0 Å². The van der Waals surface area contributed by atoms with E-state index in [1.54, 1.807) is 0 Å². The van der Waals surface area contributed by atoms with Crippen molar-refractivity contribution in [2.24, 2.45) is 11.3 Å². The molecule has 0 saturated carbocycles. The van der Waals surface area contributed by atoms with Gasteiger partial charge in [0, 0.05) is 25.2 Å². The van der Waals surface area contributed by atoms with Crippen LogP contribution < -0.4 is 5.32 Å². The molecule has 0 radical (unpaired) electrons. The van der Waals surface area contributed by atoms with Gasteiger partial charge in [-0.1, -0.05) is 27.7 Å². The summed E-state index contributed by atoms with van der Waals surface area (Å²) in [6, 6.07) is 1.43. The molecule has 1 aliphatic rings. The fourth-order valence-corrected chi connectivity index (χ4v) is 2.26. The molecule has 0 aromatic carbocycles. The topological polar surface area (TPSA) is 15.3 Å². The Morgan fingerprint density at radius 1 is 1.27 bits per heavy atom. The summed E-state index contributed by atoms with van der Waals surface area (Å²) < 4.78 is 0. The van der Waals surface area contributed by atoms with Crippen molar-refractivity contribution in [1.29, 1.82) is 0 Å². The van der Waals surface area contributed by atoms with Gasteiger partial charge < -0.3 is 10.2 Å². The van der Waals surface area contributed by atoms with Crippen molar-refractivity contribution in [2.45, 2.75) is 53.1 Å². The lowest BCUT2D eigenvalue weighted by Gasteiger charge is -2.41. The molecule has 0 aromatic heterocycles. The van der Waals surface area contributed by atoms with E-state index in [9.17, 15) is 0 Å². The van der Waals surface area contributed by atoms with E-state index in [0.29, 0.717) is 11.5 Å². The number of hydrogen-bond acceptors (Lipinski definition) is 2. The number of nitrogens with one attached hydrogen (secondary N) is 1. The van der Waals surface area contributed by atoms with Crippen LogP contribution in [0.2, 0.25) is 0 Å². The van der Waals surface area contributed by atoms with Crippen molar-refractivity contribution >= 4 is 0 Å². The molecule has 0 bridgehead atoms. The SMILES string of the molecule is CC1CN(C)C(C)CC1NCC(C)(C)C. The van der Waals surface area contributed by atoms with Crippen molar-refractivity contribution in [3.05, 3.63) is 0 Å². The Kier molecular flexibility index (Phi) is 4.19. The van der Waals surface area contributed by atoms with Crippen molar-refractivity contribution in [3.63, 3.8) is 0 Å². The van der Waals surface area contributed by atoms with E-state index in [1.165, 1.54) is 13.0 Å². The largest absolute Gasteiger partial charge is 0.313 e. The van der Waals surface area contributed by atoms with E-state index in [4.69, 9.17) is 0 Å². The summed E-state index contributed by atoms with van der Waals surface area (Å²) in [7, 11) is 2.24. The summed E-state index contributed by atoms with van der Waals surface area (Å²) in [5.74, 6) is 0.772. The summed E-state index contributed by atoms with van der Waals surface area (Å²) in [5, 5.41) is 3.74. The highest BCUT2D eigenvalue weighted by molar-refractivity contribution is 4.86. The zero-order valence-corrected chi connectivity index (χ0v) is 11.3. The van der Waals surface area contributed by atoms with Gasteiger partial charge in [0.2, 0.25) is 0 Å². The van der Waals surface area contributed by atoms with Crippen LogP contribution in [-0.4, -0.2) is 37.1 Å². The van der Waals surface area contributed by atoms with Crippen LogP contribution in [0.4, 0.5) is 0 Å². The second kappa shape index (κ2) is 4.84. The molecule has 2 nitrogen and oxygen atoms in total. The number of hydrogen-bond donors (Lipinski definition) is 1. The minimum absolute atomic E-state index is 0.395. The average molecular weight is 212 g/mol. The molecule has 0 aliphatic carbocycles. The highest BCUT2D eigenvalue weighted by Gasteiger charge is 2.29. The normalized spacial score (nSPS) is 34.4. The highest BCUT2D eigenvalue weighted by atomic mass is 15.2. The summed E-state index contributed by atoms with van der Waals surface area (Å²) in [6.45, 7) is 13.9. The Bertz CT molecular complexity index is 195.